The molecule has 6 heteroatoms. The number of esters is 1. The SMILES string of the molecule is CCOC(=O)c1nn(-c2cccc(Br)c2)c2c1C(=O)CCC2. The lowest BCUT2D eigenvalue weighted by molar-refractivity contribution is 0.0515. The van der Waals surface area contributed by atoms with E-state index in [4.69, 9.17) is 4.74 Å². The molecular weight excluding hydrogens is 348 g/mol. The second kappa shape index (κ2) is 6.04. The van der Waals surface area contributed by atoms with Gasteiger partial charge in [0.15, 0.2) is 11.5 Å². The maximum atomic E-state index is 12.3. The van der Waals surface area contributed by atoms with Gasteiger partial charge in [-0.25, -0.2) is 9.48 Å². The standard InChI is InChI=1S/C16H15BrN2O3/c1-2-22-16(21)15-14-12(7-4-8-13(14)20)19(18-15)11-6-3-5-10(17)9-11/h3,5-6,9H,2,4,7-8H2,1H3. The van der Waals surface area contributed by atoms with Gasteiger partial charge < -0.3 is 4.74 Å². The summed E-state index contributed by atoms with van der Waals surface area (Å²) in [6.45, 7) is 1.99. The molecule has 114 valence electrons. The molecule has 22 heavy (non-hydrogen) atoms. The Morgan fingerprint density at radius 1 is 1.41 bits per heavy atom. The second-order valence-electron chi connectivity index (χ2n) is 5.06. The van der Waals surface area contributed by atoms with Crippen LogP contribution in [0.15, 0.2) is 28.7 Å². The minimum absolute atomic E-state index is 0.0365. The molecule has 1 aromatic carbocycles. The van der Waals surface area contributed by atoms with Crippen molar-refractivity contribution < 1.29 is 14.3 Å². The van der Waals surface area contributed by atoms with Crippen LogP contribution in [0.3, 0.4) is 0 Å². The number of nitrogens with zero attached hydrogens (tertiary/aromatic N) is 2. The van der Waals surface area contributed by atoms with Gasteiger partial charge in [-0.2, -0.15) is 5.10 Å². The normalized spacial score (nSPS) is 13.8. The topological polar surface area (TPSA) is 61.2 Å². The smallest absolute Gasteiger partial charge is 0.359 e. The lowest BCUT2D eigenvalue weighted by Crippen LogP contribution is -2.15. The Labute approximate surface area is 136 Å². The third-order valence-corrected chi connectivity index (χ3v) is 4.09. The van der Waals surface area contributed by atoms with E-state index in [1.54, 1.807) is 11.6 Å². The minimum atomic E-state index is -0.539. The van der Waals surface area contributed by atoms with Gasteiger partial charge in [-0.3, -0.25) is 4.79 Å². The van der Waals surface area contributed by atoms with Crippen LogP contribution >= 0.6 is 15.9 Å². The highest BCUT2D eigenvalue weighted by atomic mass is 79.9. The zero-order chi connectivity index (χ0) is 15.7. The molecule has 2 aromatic rings. The molecule has 0 fully saturated rings. The van der Waals surface area contributed by atoms with Gasteiger partial charge in [0.25, 0.3) is 0 Å². The molecule has 5 nitrogen and oxygen atoms in total. The van der Waals surface area contributed by atoms with Crippen LogP contribution in [0.4, 0.5) is 0 Å². The zero-order valence-corrected chi connectivity index (χ0v) is 13.7. The molecule has 1 aromatic heterocycles. The van der Waals surface area contributed by atoms with Crippen LogP contribution in [0.1, 0.15) is 46.3 Å². The van der Waals surface area contributed by atoms with Gasteiger partial charge in [0.05, 0.1) is 23.6 Å². The number of aromatic nitrogens is 2. The first kappa shape index (κ1) is 15.0. The Balaban J connectivity index is 2.17. The molecule has 0 N–H and O–H groups in total. The Morgan fingerprint density at radius 2 is 2.23 bits per heavy atom. The number of fused-ring (bicyclic) bond motifs is 1. The third kappa shape index (κ3) is 2.59. The fourth-order valence-corrected chi connectivity index (χ4v) is 3.07. The number of rotatable bonds is 3. The molecule has 0 unspecified atom stereocenters. The highest BCUT2D eigenvalue weighted by Crippen LogP contribution is 2.28. The molecule has 0 radical (unpaired) electrons. The average molecular weight is 363 g/mol. The maximum absolute atomic E-state index is 12.3. The van der Waals surface area contributed by atoms with Crippen molar-refractivity contribution in [1.82, 2.24) is 9.78 Å². The highest BCUT2D eigenvalue weighted by molar-refractivity contribution is 9.10. The van der Waals surface area contributed by atoms with Crippen molar-refractivity contribution in [1.29, 1.82) is 0 Å². The third-order valence-electron chi connectivity index (χ3n) is 3.60. The number of benzene rings is 1. The van der Waals surface area contributed by atoms with E-state index >= 15 is 0 Å². The minimum Gasteiger partial charge on any atom is -0.461 e. The molecule has 3 rings (SSSR count). The van der Waals surface area contributed by atoms with Crippen molar-refractivity contribution in [2.24, 2.45) is 0 Å². The molecular formula is C16H15BrN2O3. The Hall–Kier alpha value is -1.95. The summed E-state index contributed by atoms with van der Waals surface area (Å²) in [6, 6.07) is 7.60. The van der Waals surface area contributed by atoms with Crippen LogP contribution in [-0.4, -0.2) is 28.1 Å². The van der Waals surface area contributed by atoms with Gasteiger partial charge in [0.2, 0.25) is 0 Å². The van der Waals surface area contributed by atoms with E-state index in [1.165, 1.54) is 0 Å². The van der Waals surface area contributed by atoms with Crippen molar-refractivity contribution >= 4 is 27.7 Å². The second-order valence-corrected chi connectivity index (χ2v) is 5.97. The number of Topliss-reactive ketones (excluding diaryl/α,β-unsaturated/α-hetero) is 1. The first-order valence-electron chi connectivity index (χ1n) is 7.20. The molecule has 1 heterocycles. The largest absolute Gasteiger partial charge is 0.461 e. The number of halogens is 1. The summed E-state index contributed by atoms with van der Waals surface area (Å²) in [5.41, 5.74) is 2.15. The van der Waals surface area contributed by atoms with Crippen molar-refractivity contribution in [3.05, 3.63) is 45.7 Å². The van der Waals surface area contributed by atoms with Gasteiger partial charge in [-0.1, -0.05) is 22.0 Å². The van der Waals surface area contributed by atoms with Crippen LogP contribution in [0.5, 0.6) is 0 Å². The molecule has 1 aliphatic rings. The highest BCUT2D eigenvalue weighted by Gasteiger charge is 2.31. The molecule has 0 saturated carbocycles. The molecule has 0 atom stereocenters. The number of hydrogen-bond donors (Lipinski definition) is 0. The predicted octanol–water partition coefficient (Wildman–Crippen LogP) is 3.33. The van der Waals surface area contributed by atoms with E-state index in [0.717, 1.165) is 28.7 Å². The van der Waals surface area contributed by atoms with Gasteiger partial charge in [-0.15, -0.1) is 0 Å². The van der Waals surface area contributed by atoms with E-state index in [9.17, 15) is 9.59 Å². The van der Waals surface area contributed by atoms with Gasteiger partial charge in [-0.05, 0) is 38.0 Å². The van der Waals surface area contributed by atoms with Crippen molar-refractivity contribution in [3.63, 3.8) is 0 Å². The van der Waals surface area contributed by atoms with Gasteiger partial charge in [0, 0.05) is 10.9 Å². The summed E-state index contributed by atoms with van der Waals surface area (Å²) >= 11 is 3.43. The summed E-state index contributed by atoms with van der Waals surface area (Å²) in [5, 5.41) is 4.37. The van der Waals surface area contributed by atoms with Crippen molar-refractivity contribution in [2.45, 2.75) is 26.2 Å². The van der Waals surface area contributed by atoms with Crippen LogP contribution in [0.2, 0.25) is 0 Å². The first-order chi connectivity index (χ1) is 10.6. The summed E-state index contributed by atoms with van der Waals surface area (Å²) in [4.78, 5) is 24.4. The van der Waals surface area contributed by atoms with E-state index in [1.807, 2.05) is 24.3 Å². The van der Waals surface area contributed by atoms with E-state index < -0.39 is 5.97 Å². The van der Waals surface area contributed by atoms with E-state index in [2.05, 4.69) is 21.0 Å². The fourth-order valence-electron chi connectivity index (χ4n) is 2.68. The Kier molecular flexibility index (Phi) is 4.11. The number of ketones is 1. The summed E-state index contributed by atoms with van der Waals surface area (Å²) in [6.07, 6.45) is 1.94. The predicted molar refractivity (Wildman–Crippen MR) is 84.5 cm³/mol. The van der Waals surface area contributed by atoms with Crippen LogP contribution < -0.4 is 0 Å². The number of carbonyl (C=O) groups excluding carboxylic acids is 2. The maximum Gasteiger partial charge on any atom is 0.359 e. The van der Waals surface area contributed by atoms with Gasteiger partial charge in [0.1, 0.15) is 0 Å². The Morgan fingerprint density at radius 3 is 2.95 bits per heavy atom. The summed E-state index contributed by atoms with van der Waals surface area (Å²) in [5.74, 6) is -0.576. The fraction of sp³-hybridized carbons (Fsp3) is 0.312. The quantitative estimate of drug-likeness (QED) is 0.785. The molecule has 0 aliphatic heterocycles. The number of hydrogen-bond acceptors (Lipinski definition) is 4. The van der Waals surface area contributed by atoms with Crippen molar-refractivity contribution in [3.8, 4) is 5.69 Å². The van der Waals surface area contributed by atoms with Crippen molar-refractivity contribution in [2.75, 3.05) is 6.61 Å². The average Bonchev–Trinajstić information content (AvgIpc) is 2.88. The molecule has 0 saturated heterocycles. The number of carbonyl (C=O) groups is 2. The molecule has 0 amide bonds. The first-order valence-corrected chi connectivity index (χ1v) is 7.99. The molecule has 0 spiro atoms. The monoisotopic (exact) mass is 362 g/mol. The molecule has 1 aliphatic carbocycles. The lowest BCUT2D eigenvalue weighted by atomic mass is 9.94. The summed E-state index contributed by atoms with van der Waals surface area (Å²) < 4.78 is 7.63. The number of ether oxygens (including phenoxy) is 1. The summed E-state index contributed by atoms with van der Waals surface area (Å²) in [7, 11) is 0. The van der Waals surface area contributed by atoms with Crippen LogP contribution in [-0.2, 0) is 11.2 Å². The van der Waals surface area contributed by atoms with Crippen LogP contribution in [0, 0.1) is 0 Å². The molecule has 0 bridgehead atoms. The lowest BCUT2D eigenvalue weighted by Gasteiger charge is -2.13. The van der Waals surface area contributed by atoms with E-state index in [0.29, 0.717) is 12.0 Å². The zero-order valence-electron chi connectivity index (χ0n) is 12.1. The van der Waals surface area contributed by atoms with Gasteiger partial charge >= 0.3 is 5.97 Å². The van der Waals surface area contributed by atoms with Crippen LogP contribution in [0.25, 0.3) is 5.69 Å². The van der Waals surface area contributed by atoms with E-state index in [-0.39, 0.29) is 18.1 Å². The Bertz CT molecular complexity index is 752.